The van der Waals surface area contributed by atoms with Crippen LogP contribution in [0.1, 0.15) is 13.3 Å². The van der Waals surface area contributed by atoms with Gasteiger partial charge in [-0.1, -0.05) is 19.1 Å². The molecule has 1 saturated heterocycles. The molecule has 0 aliphatic carbocycles. The standard InChI is InChI=1S/C15H19N3O3/c1-10-6-7-17(8-13(10)19)14(20)9-18-12-5-3-2-4-11(12)16-15(18)21/h2-5,10,13,19H,6-9H2,1H3,(H,16,21). The Labute approximate surface area is 122 Å². The number of nitrogens with zero attached hydrogens (tertiary/aromatic N) is 2. The fraction of sp³-hybridized carbons (Fsp3) is 0.467. The van der Waals surface area contributed by atoms with E-state index < -0.39 is 6.10 Å². The van der Waals surface area contributed by atoms with Crippen molar-refractivity contribution >= 4 is 16.9 Å². The minimum atomic E-state index is -0.484. The van der Waals surface area contributed by atoms with Gasteiger partial charge in [0.05, 0.1) is 17.1 Å². The highest BCUT2D eigenvalue weighted by Crippen LogP contribution is 2.17. The number of aliphatic hydroxyl groups is 1. The number of aliphatic hydroxyl groups excluding tert-OH is 1. The average Bonchev–Trinajstić information content (AvgIpc) is 2.78. The van der Waals surface area contributed by atoms with Crippen molar-refractivity contribution in [2.75, 3.05) is 13.1 Å². The zero-order chi connectivity index (χ0) is 15.0. The van der Waals surface area contributed by atoms with Gasteiger partial charge in [0.1, 0.15) is 6.54 Å². The van der Waals surface area contributed by atoms with Crippen LogP contribution in [-0.2, 0) is 11.3 Å². The number of aromatic nitrogens is 2. The molecule has 0 spiro atoms. The fourth-order valence-corrected chi connectivity index (χ4v) is 2.77. The van der Waals surface area contributed by atoms with E-state index in [0.29, 0.717) is 13.1 Å². The Balaban J connectivity index is 1.81. The first-order valence-electron chi connectivity index (χ1n) is 7.19. The van der Waals surface area contributed by atoms with Gasteiger partial charge in [-0.15, -0.1) is 0 Å². The first-order valence-corrected chi connectivity index (χ1v) is 7.19. The SMILES string of the molecule is CC1CCN(C(=O)Cn2c(=O)[nH]c3ccccc32)CC1O. The molecule has 3 rings (SSSR count). The molecule has 2 N–H and O–H groups in total. The highest BCUT2D eigenvalue weighted by molar-refractivity contribution is 5.80. The molecule has 1 aliphatic heterocycles. The third kappa shape index (κ3) is 2.58. The molecule has 21 heavy (non-hydrogen) atoms. The van der Waals surface area contributed by atoms with Crippen molar-refractivity contribution in [3.8, 4) is 0 Å². The number of rotatable bonds is 2. The molecule has 6 heteroatoms. The summed E-state index contributed by atoms with van der Waals surface area (Å²) in [6.07, 6.45) is 0.303. The topological polar surface area (TPSA) is 78.3 Å². The van der Waals surface area contributed by atoms with Crippen LogP contribution in [-0.4, -0.2) is 44.7 Å². The van der Waals surface area contributed by atoms with E-state index in [0.717, 1.165) is 17.5 Å². The minimum Gasteiger partial charge on any atom is -0.391 e. The molecule has 2 atom stereocenters. The molecule has 1 aromatic heterocycles. The van der Waals surface area contributed by atoms with Crippen molar-refractivity contribution in [2.45, 2.75) is 26.0 Å². The predicted octanol–water partition coefficient (Wildman–Crippen LogP) is 0.559. The second kappa shape index (κ2) is 5.37. The van der Waals surface area contributed by atoms with E-state index in [2.05, 4.69) is 4.98 Å². The van der Waals surface area contributed by atoms with E-state index in [9.17, 15) is 14.7 Å². The Bertz CT molecular complexity index is 718. The maximum Gasteiger partial charge on any atom is 0.326 e. The van der Waals surface area contributed by atoms with Crippen molar-refractivity contribution in [1.29, 1.82) is 0 Å². The number of piperidine rings is 1. The number of benzene rings is 1. The van der Waals surface area contributed by atoms with Gasteiger partial charge in [0, 0.05) is 13.1 Å². The summed E-state index contributed by atoms with van der Waals surface area (Å²) in [5, 5.41) is 9.88. The van der Waals surface area contributed by atoms with Gasteiger partial charge >= 0.3 is 5.69 Å². The minimum absolute atomic E-state index is 0.00392. The fourth-order valence-electron chi connectivity index (χ4n) is 2.77. The van der Waals surface area contributed by atoms with Crippen molar-refractivity contribution in [1.82, 2.24) is 14.5 Å². The Morgan fingerprint density at radius 1 is 1.43 bits per heavy atom. The number of nitrogens with one attached hydrogen (secondary N) is 1. The molecule has 2 heterocycles. The monoisotopic (exact) mass is 289 g/mol. The highest BCUT2D eigenvalue weighted by Gasteiger charge is 2.27. The number of H-pyrrole nitrogens is 1. The van der Waals surface area contributed by atoms with Crippen molar-refractivity contribution in [2.24, 2.45) is 5.92 Å². The van der Waals surface area contributed by atoms with Crippen molar-refractivity contribution in [3.05, 3.63) is 34.7 Å². The molecule has 1 aromatic carbocycles. The lowest BCUT2D eigenvalue weighted by molar-refractivity contribution is -0.136. The number of fused-ring (bicyclic) bond motifs is 1. The van der Waals surface area contributed by atoms with Crippen LogP contribution in [0, 0.1) is 5.92 Å². The number of amides is 1. The van der Waals surface area contributed by atoms with E-state index in [4.69, 9.17) is 0 Å². The summed E-state index contributed by atoms with van der Waals surface area (Å²) in [7, 11) is 0. The number of aromatic amines is 1. The quantitative estimate of drug-likeness (QED) is 0.848. The maximum atomic E-state index is 12.4. The largest absolute Gasteiger partial charge is 0.391 e. The third-order valence-electron chi connectivity index (χ3n) is 4.25. The van der Waals surface area contributed by atoms with Gasteiger partial charge < -0.3 is 15.0 Å². The van der Waals surface area contributed by atoms with Gasteiger partial charge in [0.2, 0.25) is 5.91 Å². The second-order valence-corrected chi connectivity index (χ2v) is 5.71. The second-order valence-electron chi connectivity index (χ2n) is 5.71. The molecule has 2 aromatic rings. The van der Waals surface area contributed by atoms with Gasteiger partial charge in [-0.25, -0.2) is 4.79 Å². The lowest BCUT2D eigenvalue weighted by Crippen LogP contribution is -2.47. The molecule has 0 bridgehead atoms. The summed E-state index contributed by atoms with van der Waals surface area (Å²) in [5.74, 6) is 0.0812. The van der Waals surface area contributed by atoms with Crippen LogP contribution in [0.5, 0.6) is 0 Å². The van der Waals surface area contributed by atoms with Crippen LogP contribution in [0.3, 0.4) is 0 Å². The average molecular weight is 289 g/mol. The van der Waals surface area contributed by atoms with Crippen LogP contribution in [0.4, 0.5) is 0 Å². The van der Waals surface area contributed by atoms with Crippen LogP contribution in [0.25, 0.3) is 11.0 Å². The molecule has 2 unspecified atom stereocenters. The summed E-state index contributed by atoms with van der Waals surface area (Å²) >= 11 is 0. The number of likely N-dealkylation sites (tertiary alicyclic amines) is 1. The number of para-hydroxylation sites is 2. The molecule has 112 valence electrons. The summed E-state index contributed by atoms with van der Waals surface area (Å²) in [6.45, 7) is 2.96. The maximum absolute atomic E-state index is 12.4. The zero-order valence-electron chi connectivity index (χ0n) is 12.0. The molecule has 6 nitrogen and oxygen atoms in total. The van der Waals surface area contributed by atoms with Crippen LogP contribution in [0.2, 0.25) is 0 Å². The lowest BCUT2D eigenvalue weighted by Gasteiger charge is -2.34. The summed E-state index contributed by atoms with van der Waals surface area (Å²) in [6, 6.07) is 7.30. The number of hydrogen-bond donors (Lipinski definition) is 2. The molecule has 1 amide bonds. The number of β-amino-alcohol motifs (C(OH)–C–C–N with tert-alkyl or cyclic N) is 1. The number of imidazole rings is 1. The van der Waals surface area contributed by atoms with Gasteiger partial charge in [0.15, 0.2) is 0 Å². The molecular weight excluding hydrogens is 270 g/mol. The van der Waals surface area contributed by atoms with E-state index >= 15 is 0 Å². The zero-order valence-corrected chi connectivity index (χ0v) is 12.0. The summed E-state index contributed by atoms with van der Waals surface area (Å²) in [4.78, 5) is 28.7. The molecule has 1 fully saturated rings. The third-order valence-corrected chi connectivity index (χ3v) is 4.25. The molecular formula is C15H19N3O3. The van der Waals surface area contributed by atoms with Gasteiger partial charge in [-0.3, -0.25) is 9.36 Å². The molecule has 1 aliphatic rings. The van der Waals surface area contributed by atoms with E-state index in [-0.39, 0.29) is 24.1 Å². The van der Waals surface area contributed by atoms with E-state index in [1.165, 1.54) is 4.57 Å². The van der Waals surface area contributed by atoms with Gasteiger partial charge in [-0.2, -0.15) is 0 Å². The van der Waals surface area contributed by atoms with Crippen LogP contribution in [0.15, 0.2) is 29.1 Å². The van der Waals surface area contributed by atoms with Crippen LogP contribution >= 0.6 is 0 Å². The van der Waals surface area contributed by atoms with E-state index in [1.54, 1.807) is 4.90 Å². The molecule has 0 radical (unpaired) electrons. The van der Waals surface area contributed by atoms with Crippen molar-refractivity contribution < 1.29 is 9.90 Å². The summed E-state index contributed by atoms with van der Waals surface area (Å²) < 4.78 is 1.45. The molecule has 0 saturated carbocycles. The number of hydrogen-bond acceptors (Lipinski definition) is 3. The van der Waals surface area contributed by atoms with Gasteiger partial charge in [0.25, 0.3) is 0 Å². The highest BCUT2D eigenvalue weighted by atomic mass is 16.3. The lowest BCUT2D eigenvalue weighted by atomic mass is 9.96. The van der Waals surface area contributed by atoms with E-state index in [1.807, 2.05) is 31.2 Å². The summed E-state index contributed by atoms with van der Waals surface area (Å²) in [5.41, 5.74) is 1.17. The number of carbonyl (C=O) groups is 1. The van der Waals surface area contributed by atoms with Crippen molar-refractivity contribution in [3.63, 3.8) is 0 Å². The Kier molecular flexibility index (Phi) is 3.55. The predicted molar refractivity (Wildman–Crippen MR) is 78.9 cm³/mol. The Hall–Kier alpha value is -2.08. The first-order chi connectivity index (χ1) is 10.1. The Morgan fingerprint density at radius 3 is 2.95 bits per heavy atom. The Morgan fingerprint density at radius 2 is 2.19 bits per heavy atom. The van der Waals surface area contributed by atoms with Gasteiger partial charge in [-0.05, 0) is 24.5 Å². The number of carbonyl (C=O) groups excluding carboxylic acids is 1. The first kappa shape index (κ1) is 13.9. The smallest absolute Gasteiger partial charge is 0.326 e. The van der Waals surface area contributed by atoms with Crippen LogP contribution < -0.4 is 5.69 Å². The normalized spacial score (nSPS) is 22.7.